The highest BCUT2D eigenvalue weighted by Gasteiger charge is 2.20. The van der Waals surface area contributed by atoms with Gasteiger partial charge in [0.15, 0.2) is 11.9 Å². The Morgan fingerprint density at radius 3 is 3.00 bits per heavy atom. The SMILES string of the molecule is CC[C@@H](Oc1ccc2c(c1)CCC2)C(=O)Nc1ccon1. The van der Waals surface area contributed by atoms with Crippen LogP contribution in [0.5, 0.6) is 5.75 Å². The van der Waals surface area contributed by atoms with Gasteiger partial charge in [-0.2, -0.15) is 0 Å². The Morgan fingerprint density at radius 2 is 2.24 bits per heavy atom. The van der Waals surface area contributed by atoms with Crippen LogP contribution >= 0.6 is 0 Å². The summed E-state index contributed by atoms with van der Waals surface area (Å²) >= 11 is 0. The van der Waals surface area contributed by atoms with Crippen molar-refractivity contribution in [2.45, 2.75) is 38.7 Å². The number of hydrogen-bond acceptors (Lipinski definition) is 4. The summed E-state index contributed by atoms with van der Waals surface area (Å²) in [6, 6.07) is 7.69. The zero-order chi connectivity index (χ0) is 14.7. The van der Waals surface area contributed by atoms with Gasteiger partial charge in [-0.15, -0.1) is 0 Å². The Morgan fingerprint density at radius 1 is 1.38 bits per heavy atom. The number of fused-ring (bicyclic) bond motifs is 1. The topological polar surface area (TPSA) is 64.4 Å². The average Bonchev–Trinajstić information content (AvgIpc) is 3.14. The van der Waals surface area contributed by atoms with Crippen LogP contribution in [0, 0.1) is 0 Å². The van der Waals surface area contributed by atoms with E-state index in [1.807, 2.05) is 19.1 Å². The van der Waals surface area contributed by atoms with Crippen molar-refractivity contribution in [3.8, 4) is 5.75 Å². The molecule has 1 N–H and O–H groups in total. The molecule has 5 nitrogen and oxygen atoms in total. The molecule has 1 aliphatic rings. The third-order valence-electron chi connectivity index (χ3n) is 3.70. The van der Waals surface area contributed by atoms with Crippen molar-refractivity contribution in [3.05, 3.63) is 41.7 Å². The standard InChI is InChI=1S/C16H18N2O3/c1-2-14(16(19)17-15-8-9-20-18-15)21-13-7-6-11-4-3-5-12(11)10-13/h6-10,14H,2-5H2,1H3,(H,17,18,19)/t14-/m1/s1. The average molecular weight is 286 g/mol. The molecule has 1 atom stereocenters. The fourth-order valence-corrected chi connectivity index (χ4v) is 2.59. The predicted octanol–water partition coefficient (Wildman–Crippen LogP) is 2.96. The van der Waals surface area contributed by atoms with Gasteiger partial charge in [0.2, 0.25) is 0 Å². The zero-order valence-corrected chi connectivity index (χ0v) is 12.0. The first-order chi connectivity index (χ1) is 10.3. The lowest BCUT2D eigenvalue weighted by Gasteiger charge is -2.17. The Bertz CT molecular complexity index is 622. The van der Waals surface area contributed by atoms with Crippen LogP contribution in [0.2, 0.25) is 0 Å². The van der Waals surface area contributed by atoms with Gasteiger partial charge in [0, 0.05) is 6.07 Å². The largest absolute Gasteiger partial charge is 0.481 e. The van der Waals surface area contributed by atoms with Gasteiger partial charge in [-0.05, 0) is 48.9 Å². The van der Waals surface area contributed by atoms with Gasteiger partial charge >= 0.3 is 0 Å². The first-order valence-corrected chi connectivity index (χ1v) is 7.26. The molecule has 0 saturated carbocycles. The van der Waals surface area contributed by atoms with E-state index in [2.05, 4.69) is 16.5 Å². The third kappa shape index (κ3) is 3.07. The van der Waals surface area contributed by atoms with Crippen molar-refractivity contribution in [3.63, 3.8) is 0 Å². The Kier molecular flexibility index (Phi) is 3.90. The number of nitrogens with one attached hydrogen (secondary N) is 1. The van der Waals surface area contributed by atoms with E-state index >= 15 is 0 Å². The van der Waals surface area contributed by atoms with Gasteiger partial charge in [0.25, 0.3) is 5.91 Å². The molecular formula is C16H18N2O3. The second-order valence-electron chi connectivity index (χ2n) is 5.17. The fourth-order valence-electron chi connectivity index (χ4n) is 2.59. The summed E-state index contributed by atoms with van der Waals surface area (Å²) in [5.74, 6) is 0.931. The van der Waals surface area contributed by atoms with Crippen LogP contribution in [0.15, 0.2) is 35.1 Å². The number of aryl methyl sites for hydroxylation is 2. The molecule has 0 bridgehead atoms. The van der Waals surface area contributed by atoms with Crippen LogP contribution in [0.25, 0.3) is 0 Å². The van der Waals surface area contributed by atoms with Crippen molar-refractivity contribution >= 4 is 11.7 Å². The first-order valence-electron chi connectivity index (χ1n) is 7.26. The maximum atomic E-state index is 12.2. The molecule has 0 fully saturated rings. The second-order valence-corrected chi connectivity index (χ2v) is 5.17. The lowest BCUT2D eigenvalue weighted by Crippen LogP contribution is -2.32. The maximum Gasteiger partial charge on any atom is 0.266 e. The molecule has 2 aromatic rings. The van der Waals surface area contributed by atoms with Crippen LogP contribution in [0.1, 0.15) is 30.9 Å². The van der Waals surface area contributed by atoms with E-state index in [4.69, 9.17) is 9.26 Å². The maximum absolute atomic E-state index is 12.2. The molecule has 0 spiro atoms. The number of amides is 1. The fraction of sp³-hybridized carbons (Fsp3) is 0.375. The molecule has 1 heterocycles. The quantitative estimate of drug-likeness (QED) is 0.917. The van der Waals surface area contributed by atoms with Crippen molar-refractivity contribution in [2.24, 2.45) is 0 Å². The molecule has 1 aliphatic carbocycles. The van der Waals surface area contributed by atoms with Gasteiger partial charge in [0.1, 0.15) is 12.0 Å². The first kappa shape index (κ1) is 13.7. The molecule has 0 saturated heterocycles. The van der Waals surface area contributed by atoms with Crippen molar-refractivity contribution in [1.29, 1.82) is 0 Å². The van der Waals surface area contributed by atoms with Crippen LogP contribution in [0.3, 0.4) is 0 Å². The molecule has 1 aromatic heterocycles. The predicted molar refractivity (Wildman–Crippen MR) is 78.3 cm³/mol. The minimum atomic E-state index is -0.541. The smallest absolute Gasteiger partial charge is 0.266 e. The van der Waals surface area contributed by atoms with Gasteiger partial charge in [-0.1, -0.05) is 18.1 Å². The van der Waals surface area contributed by atoms with Crippen LogP contribution in [0.4, 0.5) is 5.82 Å². The number of ether oxygens (including phenoxy) is 1. The van der Waals surface area contributed by atoms with Crippen molar-refractivity contribution < 1.29 is 14.1 Å². The van der Waals surface area contributed by atoms with Gasteiger partial charge in [-0.25, -0.2) is 0 Å². The highest BCUT2D eigenvalue weighted by atomic mass is 16.5. The Balaban J connectivity index is 1.67. The number of hydrogen-bond donors (Lipinski definition) is 1. The molecule has 1 aromatic carbocycles. The molecule has 1 amide bonds. The van der Waals surface area contributed by atoms with E-state index in [0.717, 1.165) is 18.6 Å². The molecule has 0 radical (unpaired) electrons. The van der Waals surface area contributed by atoms with E-state index in [9.17, 15) is 4.79 Å². The minimum Gasteiger partial charge on any atom is -0.481 e. The number of aromatic nitrogens is 1. The highest BCUT2D eigenvalue weighted by molar-refractivity contribution is 5.93. The second kappa shape index (κ2) is 5.99. The summed E-state index contributed by atoms with van der Waals surface area (Å²) in [6.45, 7) is 1.92. The number of anilines is 1. The van der Waals surface area contributed by atoms with Crippen molar-refractivity contribution in [2.75, 3.05) is 5.32 Å². The van der Waals surface area contributed by atoms with Gasteiger partial charge in [-0.3, -0.25) is 4.79 Å². The van der Waals surface area contributed by atoms with E-state index in [1.54, 1.807) is 6.07 Å². The molecule has 0 aliphatic heterocycles. The lowest BCUT2D eigenvalue weighted by molar-refractivity contribution is -0.122. The van der Waals surface area contributed by atoms with E-state index < -0.39 is 6.10 Å². The molecular weight excluding hydrogens is 268 g/mol. The summed E-state index contributed by atoms with van der Waals surface area (Å²) in [6.07, 6.45) is 4.89. The lowest BCUT2D eigenvalue weighted by atomic mass is 10.1. The van der Waals surface area contributed by atoms with Crippen LogP contribution in [-0.4, -0.2) is 17.2 Å². The molecule has 110 valence electrons. The minimum absolute atomic E-state index is 0.216. The number of carbonyl (C=O) groups excluding carboxylic acids is 1. The number of carbonyl (C=O) groups is 1. The molecule has 21 heavy (non-hydrogen) atoms. The van der Waals surface area contributed by atoms with E-state index in [-0.39, 0.29) is 5.91 Å². The monoisotopic (exact) mass is 286 g/mol. The molecule has 0 unspecified atom stereocenters. The number of rotatable bonds is 5. The Hall–Kier alpha value is -2.30. The normalized spacial score (nSPS) is 14.5. The van der Waals surface area contributed by atoms with Gasteiger partial charge in [0.05, 0.1) is 0 Å². The molecule has 3 rings (SSSR count). The van der Waals surface area contributed by atoms with E-state index in [0.29, 0.717) is 12.2 Å². The number of benzene rings is 1. The Labute approximate surface area is 123 Å². The van der Waals surface area contributed by atoms with Crippen molar-refractivity contribution in [1.82, 2.24) is 5.16 Å². The summed E-state index contributed by atoms with van der Waals surface area (Å²) in [4.78, 5) is 12.2. The number of nitrogens with zero attached hydrogens (tertiary/aromatic N) is 1. The summed E-state index contributed by atoms with van der Waals surface area (Å²) in [7, 11) is 0. The highest BCUT2D eigenvalue weighted by Crippen LogP contribution is 2.26. The van der Waals surface area contributed by atoms with E-state index in [1.165, 1.54) is 23.8 Å². The van der Waals surface area contributed by atoms with Crippen LogP contribution in [-0.2, 0) is 17.6 Å². The summed E-state index contributed by atoms with van der Waals surface area (Å²) in [5.41, 5.74) is 2.72. The van der Waals surface area contributed by atoms with Crippen LogP contribution < -0.4 is 10.1 Å². The van der Waals surface area contributed by atoms with Gasteiger partial charge < -0.3 is 14.6 Å². The molecule has 5 heteroatoms. The zero-order valence-electron chi connectivity index (χ0n) is 12.0. The summed E-state index contributed by atoms with van der Waals surface area (Å²) in [5, 5.41) is 6.34. The third-order valence-corrected chi connectivity index (χ3v) is 3.70. The summed E-state index contributed by atoms with van der Waals surface area (Å²) < 4.78 is 10.5.